The minimum Gasteiger partial charge on any atom is -0.331 e. The molecular weight excluding hydrogens is 276 g/mol. The molecule has 0 radical (unpaired) electrons. The highest BCUT2D eigenvalue weighted by Gasteiger charge is 2.14. The average molecular weight is 300 g/mol. The molecule has 0 aliphatic rings. The zero-order valence-corrected chi connectivity index (χ0v) is 13.6. The molecule has 1 aromatic heterocycles. The van der Waals surface area contributed by atoms with Crippen LogP contribution in [0.3, 0.4) is 0 Å². The van der Waals surface area contributed by atoms with Crippen molar-refractivity contribution in [2.75, 3.05) is 5.32 Å². The van der Waals surface area contributed by atoms with Crippen molar-refractivity contribution < 1.29 is 4.79 Å². The zero-order valence-electron chi connectivity index (χ0n) is 13.6. The summed E-state index contributed by atoms with van der Waals surface area (Å²) in [7, 11) is 0. The molecule has 1 heterocycles. The Hall–Kier alpha value is -2.30. The van der Waals surface area contributed by atoms with Crippen molar-refractivity contribution in [2.24, 2.45) is 0 Å². The SMILES string of the molecule is CC[C@@H](C)n1ncc(NC(=O)N[C@H](C)c2ccccc2)c1C. The second-order valence-electron chi connectivity index (χ2n) is 5.58. The number of hydrogen-bond acceptors (Lipinski definition) is 2. The number of benzene rings is 1. The van der Waals surface area contributed by atoms with Gasteiger partial charge in [-0.2, -0.15) is 5.10 Å². The van der Waals surface area contributed by atoms with Crippen LogP contribution < -0.4 is 10.6 Å². The molecule has 2 amide bonds. The van der Waals surface area contributed by atoms with Gasteiger partial charge in [0.25, 0.3) is 0 Å². The predicted octanol–water partition coefficient (Wildman–Crippen LogP) is 4.05. The lowest BCUT2D eigenvalue weighted by atomic mass is 10.1. The van der Waals surface area contributed by atoms with Gasteiger partial charge < -0.3 is 10.6 Å². The molecule has 0 fully saturated rings. The van der Waals surface area contributed by atoms with Crippen molar-refractivity contribution in [3.05, 3.63) is 47.8 Å². The number of carbonyl (C=O) groups is 1. The van der Waals surface area contributed by atoms with Crippen LogP contribution in [0.2, 0.25) is 0 Å². The summed E-state index contributed by atoms with van der Waals surface area (Å²) in [5.41, 5.74) is 2.79. The largest absolute Gasteiger partial charge is 0.331 e. The van der Waals surface area contributed by atoms with Gasteiger partial charge in [0.05, 0.1) is 23.6 Å². The summed E-state index contributed by atoms with van der Waals surface area (Å²) >= 11 is 0. The predicted molar refractivity (Wildman–Crippen MR) is 89.0 cm³/mol. The lowest BCUT2D eigenvalue weighted by molar-refractivity contribution is 0.249. The highest BCUT2D eigenvalue weighted by atomic mass is 16.2. The minimum atomic E-state index is -0.219. The van der Waals surface area contributed by atoms with Gasteiger partial charge in [0, 0.05) is 6.04 Å². The van der Waals surface area contributed by atoms with Gasteiger partial charge in [-0.25, -0.2) is 4.79 Å². The van der Waals surface area contributed by atoms with Gasteiger partial charge in [-0.05, 0) is 32.8 Å². The number of anilines is 1. The van der Waals surface area contributed by atoms with Crippen molar-refractivity contribution in [1.82, 2.24) is 15.1 Å². The van der Waals surface area contributed by atoms with Gasteiger partial charge >= 0.3 is 6.03 Å². The van der Waals surface area contributed by atoms with E-state index in [1.54, 1.807) is 6.20 Å². The second-order valence-corrected chi connectivity index (χ2v) is 5.58. The first kappa shape index (κ1) is 16.1. The molecular formula is C17H24N4O. The maximum absolute atomic E-state index is 12.1. The van der Waals surface area contributed by atoms with Crippen LogP contribution in [0.5, 0.6) is 0 Å². The van der Waals surface area contributed by atoms with E-state index in [2.05, 4.69) is 29.6 Å². The molecule has 0 saturated heterocycles. The van der Waals surface area contributed by atoms with Gasteiger partial charge in [0.1, 0.15) is 0 Å². The van der Waals surface area contributed by atoms with Crippen molar-refractivity contribution in [2.45, 2.75) is 46.2 Å². The molecule has 0 aliphatic carbocycles. The third-order valence-electron chi connectivity index (χ3n) is 3.95. The first-order valence-corrected chi connectivity index (χ1v) is 7.69. The van der Waals surface area contributed by atoms with Crippen molar-refractivity contribution in [3.63, 3.8) is 0 Å². The van der Waals surface area contributed by atoms with Crippen molar-refractivity contribution in [1.29, 1.82) is 0 Å². The fraction of sp³-hybridized carbons (Fsp3) is 0.412. The van der Waals surface area contributed by atoms with Crippen LogP contribution in [-0.4, -0.2) is 15.8 Å². The Bertz CT molecular complexity index is 621. The normalized spacial score (nSPS) is 13.5. The van der Waals surface area contributed by atoms with Crippen LogP contribution in [0.4, 0.5) is 10.5 Å². The molecule has 22 heavy (non-hydrogen) atoms. The summed E-state index contributed by atoms with van der Waals surface area (Å²) in [5, 5.41) is 10.2. The Labute approximate surface area is 131 Å². The molecule has 0 aliphatic heterocycles. The van der Waals surface area contributed by atoms with Gasteiger partial charge in [0.2, 0.25) is 0 Å². The van der Waals surface area contributed by atoms with Gasteiger partial charge in [-0.3, -0.25) is 4.68 Å². The molecule has 0 spiro atoms. The molecule has 5 heteroatoms. The summed E-state index contributed by atoms with van der Waals surface area (Å²) in [4.78, 5) is 12.1. The molecule has 0 unspecified atom stereocenters. The standard InChI is InChI=1S/C17H24N4O/c1-5-12(2)21-14(4)16(11-18-21)20-17(22)19-13(3)15-9-7-6-8-10-15/h6-13H,5H2,1-4H3,(H2,19,20,22)/t12-,13-/m1/s1. The van der Waals surface area contributed by atoms with Gasteiger partial charge in [-0.1, -0.05) is 37.3 Å². The quantitative estimate of drug-likeness (QED) is 0.875. The molecule has 2 rings (SSSR count). The topological polar surface area (TPSA) is 59.0 Å². The van der Waals surface area contributed by atoms with Crippen LogP contribution in [-0.2, 0) is 0 Å². The second kappa shape index (κ2) is 7.11. The molecule has 0 saturated carbocycles. The Balaban J connectivity index is 1.99. The Morgan fingerprint density at radius 2 is 1.95 bits per heavy atom. The molecule has 118 valence electrons. The highest BCUT2D eigenvalue weighted by molar-refractivity contribution is 5.89. The van der Waals surface area contributed by atoms with Crippen LogP contribution >= 0.6 is 0 Å². The van der Waals surface area contributed by atoms with E-state index in [-0.39, 0.29) is 12.1 Å². The number of carbonyl (C=O) groups excluding carboxylic acids is 1. The first-order valence-electron chi connectivity index (χ1n) is 7.69. The smallest absolute Gasteiger partial charge is 0.319 e. The molecule has 2 N–H and O–H groups in total. The summed E-state index contributed by atoms with van der Waals surface area (Å²) in [6.45, 7) is 8.16. The van der Waals surface area contributed by atoms with Crippen LogP contribution in [0.15, 0.2) is 36.5 Å². The molecule has 1 aromatic carbocycles. The third-order valence-corrected chi connectivity index (χ3v) is 3.95. The number of aromatic nitrogens is 2. The van der Waals surface area contributed by atoms with Crippen molar-refractivity contribution >= 4 is 11.7 Å². The average Bonchev–Trinajstić information content (AvgIpc) is 2.88. The number of nitrogens with one attached hydrogen (secondary N) is 2. The van der Waals surface area contributed by atoms with Gasteiger partial charge in [0.15, 0.2) is 0 Å². The van der Waals surface area contributed by atoms with E-state index in [1.165, 1.54) is 0 Å². The third kappa shape index (κ3) is 3.67. The summed E-state index contributed by atoms with van der Waals surface area (Å²) in [5.74, 6) is 0. The molecule has 2 aromatic rings. The number of nitrogens with zero attached hydrogens (tertiary/aromatic N) is 2. The summed E-state index contributed by atoms with van der Waals surface area (Å²) in [6.07, 6.45) is 2.70. The minimum absolute atomic E-state index is 0.0499. The van der Waals surface area contributed by atoms with Crippen LogP contribution in [0, 0.1) is 6.92 Å². The molecule has 0 bridgehead atoms. The molecule has 5 nitrogen and oxygen atoms in total. The summed E-state index contributed by atoms with van der Waals surface area (Å²) < 4.78 is 1.94. The maximum Gasteiger partial charge on any atom is 0.319 e. The van der Waals surface area contributed by atoms with E-state index >= 15 is 0 Å². The van der Waals surface area contributed by atoms with E-state index in [0.29, 0.717) is 6.04 Å². The maximum atomic E-state index is 12.1. The van der Waals surface area contributed by atoms with E-state index in [9.17, 15) is 4.79 Å². The van der Waals surface area contributed by atoms with E-state index in [4.69, 9.17) is 0 Å². The Morgan fingerprint density at radius 3 is 2.59 bits per heavy atom. The number of amides is 2. The fourth-order valence-corrected chi connectivity index (χ4v) is 2.34. The fourth-order valence-electron chi connectivity index (χ4n) is 2.34. The first-order chi connectivity index (χ1) is 10.5. The Morgan fingerprint density at radius 1 is 1.27 bits per heavy atom. The Kier molecular flexibility index (Phi) is 5.20. The lowest BCUT2D eigenvalue weighted by Gasteiger charge is -2.15. The van der Waals surface area contributed by atoms with E-state index in [1.807, 2.05) is 48.9 Å². The van der Waals surface area contributed by atoms with Crippen LogP contribution in [0.1, 0.15) is 50.5 Å². The number of hydrogen-bond donors (Lipinski definition) is 2. The van der Waals surface area contributed by atoms with Gasteiger partial charge in [-0.15, -0.1) is 0 Å². The monoisotopic (exact) mass is 300 g/mol. The van der Waals surface area contributed by atoms with E-state index < -0.39 is 0 Å². The van der Waals surface area contributed by atoms with Crippen molar-refractivity contribution in [3.8, 4) is 0 Å². The zero-order chi connectivity index (χ0) is 16.1. The number of urea groups is 1. The highest BCUT2D eigenvalue weighted by Crippen LogP contribution is 2.20. The van der Waals surface area contributed by atoms with E-state index in [0.717, 1.165) is 23.4 Å². The summed E-state index contributed by atoms with van der Waals surface area (Å²) in [6, 6.07) is 9.94. The molecule has 2 atom stereocenters. The van der Waals surface area contributed by atoms with Crippen LogP contribution in [0.25, 0.3) is 0 Å². The number of rotatable bonds is 5. The lowest BCUT2D eigenvalue weighted by Crippen LogP contribution is -2.31.